The number of halogens is 3. The molecule has 0 unspecified atom stereocenters. The van der Waals surface area contributed by atoms with Crippen LogP contribution in [0.2, 0.25) is 5.02 Å². The zero-order valence-electron chi connectivity index (χ0n) is 10.7. The van der Waals surface area contributed by atoms with Gasteiger partial charge >= 0.3 is 0 Å². The van der Waals surface area contributed by atoms with Crippen LogP contribution in [0.25, 0.3) is 0 Å². The first kappa shape index (κ1) is 14.8. The summed E-state index contributed by atoms with van der Waals surface area (Å²) in [5.74, 6) is -1.47. The third-order valence-corrected chi connectivity index (χ3v) is 3.07. The maximum Gasteiger partial charge on any atom is 0.165 e. The minimum absolute atomic E-state index is 0.108. The Hall–Kier alpha value is -1.65. The molecule has 0 bridgehead atoms. The van der Waals surface area contributed by atoms with Gasteiger partial charge in [-0.1, -0.05) is 23.7 Å². The summed E-state index contributed by atoms with van der Waals surface area (Å²) in [5.41, 5.74) is 0.603. The smallest absolute Gasteiger partial charge is 0.165 e. The van der Waals surface area contributed by atoms with Crippen molar-refractivity contribution in [2.45, 2.75) is 19.6 Å². The van der Waals surface area contributed by atoms with Crippen LogP contribution in [0.3, 0.4) is 0 Å². The number of benzene rings is 2. The summed E-state index contributed by atoms with van der Waals surface area (Å²) in [7, 11) is 0. The van der Waals surface area contributed by atoms with E-state index in [9.17, 15) is 13.9 Å². The number of aliphatic hydroxyl groups excluding tert-OH is 1. The summed E-state index contributed by atoms with van der Waals surface area (Å²) in [4.78, 5) is 0. The van der Waals surface area contributed by atoms with E-state index in [0.29, 0.717) is 16.3 Å². The molecule has 0 fully saturated rings. The zero-order valence-corrected chi connectivity index (χ0v) is 11.5. The molecule has 2 aromatic rings. The number of rotatable bonds is 4. The molecular weight excluding hydrogens is 286 g/mol. The normalized spacial score (nSPS) is 12.2. The van der Waals surface area contributed by atoms with Crippen LogP contribution in [0.15, 0.2) is 36.4 Å². The van der Waals surface area contributed by atoms with Crippen LogP contribution < -0.4 is 4.74 Å². The van der Waals surface area contributed by atoms with E-state index in [-0.39, 0.29) is 12.2 Å². The molecule has 5 heteroatoms. The van der Waals surface area contributed by atoms with Crippen LogP contribution in [0, 0.1) is 11.6 Å². The Labute approximate surface area is 120 Å². The third kappa shape index (κ3) is 3.26. The van der Waals surface area contributed by atoms with Gasteiger partial charge in [-0.15, -0.1) is 0 Å². The standard InChI is InChI=1S/C15H13ClF2O2/c1-9(19)12-7-11(16)5-6-14(12)20-8-10-3-2-4-13(17)15(10)18/h2-7,9,19H,8H2,1H3/t9-/m1/s1. The van der Waals surface area contributed by atoms with Gasteiger partial charge in [-0.2, -0.15) is 0 Å². The Balaban J connectivity index is 2.21. The molecule has 0 saturated heterocycles. The van der Waals surface area contributed by atoms with E-state index in [4.69, 9.17) is 16.3 Å². The summed E-state index contributed by atoms with van der Waals surface area (Å²) in [6.45, 7) is 1.44. The minimum atomic E-state index is -0.930. The van der Waals surface area contributed by atoms with Crippen LogP contribution in [0.1, 0.15) is 24.2 Å². The highest BCUT2D eigenvalue weighted by Gasteiger charge is 2.12. The number of hydrogen-bond donors (Lipinski definition) is 1. The second-order valence-corrected chi connectivity index (χ2v) is 4.80. The molecule has 1 atom stereocenters. The topological polar surface area (TPSA) is 29.5 Å². The SMILES string of the molecule is C[C@@H](O)c1cc(Cl)ccc1OCc1cccc(F)c1F. The van der Waals surface area contributed by atoms with Gasteiger partial charge in [0.25, 0.3) is 0 Å². The highest BCUT2D eigenvalue weighted by atomic mass is 35.5. The lowest BCUT2D eigenvalue weighted by Crippen LogP contribution is -2.03. The molecule has 106 valence electrons. The van der Waals surface area contributed by atoms with Crippen molar-refractivity contribution in [3.8, 4) is 5.75 Å². The van der Waals surface area contributed by atoms with Gasteiger partial charge in [0.15, 0.2) is 11.6 Å². The van der Waals surface area contributed by atoms with Crippen molar-refractivity contribution in [3.05, 3.63) is 64.2 Å². The molecule has 0 aliphatic heterocycles. The molecule has 1 N–H and O–H groups in total. The molecule has 0 amide bonds. The average molecular weight is 299 g/mol. The Kier molecular flexibility index (Phi) is 4.57. The number of hydrogen-bond acceptors (Lipinski definition) is 2. The average Bonchev–Trinajstić information content (AvgIpc) is 2.41. The maximum absolute atomic E-state index is 13.5. The van der Waals surface area contributed by atoms with E-state index in [1.165, 1.54) is 12.1 Å². The third-order valence-electron chi connectivity index (χ3n) is 2.84. The Bertz CT molecular complexity index is 615. The van der Waals surface area contributed by atoms with Gasteiger partial charge in [0, 0.05) is 16.1 Å². The number of aliphatic hydroxyl groups is 1. The van der Waals surface area contributed by atoms with Crippen molar-refractivity contribution in [2.24, 2.45) is 0 Å². The van der Waals surface area contributed by atoms with Gasteiger partial charge in [0.1, 0.15) is 12.4 Å². The van der Waals surface area contributed by atoms with E-state index in [1.807, 2.05) is 0 Å². The fraction of sp³-hybridized carbons (Fsp3) is 0.200. The molecule has 2 aromatic carbocycles. The summed E-state index contributed by atoms with van der Waals surface area (Å²) in [5, 5.41) is 10.1. The van der Waals surface area contributed by atoms with Gasteiger partial charge in [-0.25, -0.2) is 8.78 Å². The highest BCUT2D eigenvalue weighted by molar-refractivity contribution is 6.30. The molecule has 0 saturated carbocycles. The van der Waals surface area contributed by atoms with Crippen molar-refractivity contribution >= 4 is 11.6 Å². The second kappa shape index (κ2) is 6.20. The highest BCUT2D eigenvalue weighted by Crippen LogP contribution is 2.29. The lowest BCUT2D eigenvalue weighted by atomic mass is 10.1. The molecule has 0 aliphatic carbocycles. The fourth-order valence-electron chi connectivity index (χ4n) is 1.79. The van der Waals surface area contributed by atoms with Gasteiger partial charge in [-0.3, -0.25) is 0 Å². The molecule has 2 nitrogen and oxygen atoms in total. The summed E-state index contributed by atoms with van der Waals surface area (Å²) in [6.07, 6.45) is -0.777. The van der Waals surface area contributed by atoms with Crippen LogP contribution in [-0.2, 0) is 6.61 Å². The quantitative estimate of drug-likeness (QED) is 0.914. The fourth-order valence-corrected chi connectivity index (χ4v) is 1.97. The van der Waals surface area contributed by atoms with Crippen molar-refractivity contribution in [1.29, 1.82) is 0 Å². The summed E-state index contributed by atoms with van der Waals surface area (Å²) < 4.78 is 32.0. The number of ether oxygens (including phenoxy) is 1. The summed E-state index contributed by atoms with van der Waals surface area (Å²) >= 11 is 5.85. The van der Waals surface area contributed by atoms with Crippen LogP contribution in [0.5, 0.6) is 5.75 Å². The largest absolute Gasteiger partial charge is 0.488 e. The molecule has 0 aromatic heterocycles. The summed E-state index contributed by atoms with van der Waals surface area (Å²) in [6, 6.07) is 8.66. The van der Waals surface area contributed by atoms with E-state index in [1.54, 1.807) is 25.1 Å². The Morgan fingerprint density at radius 2 is 2.00 bits per heavy atom. The van der Waals surface area contributed by atoms with Crippen molar-refractivity contribution in [1.82, 2.24) is 0 Å². The first-order chi connectivity index (χ1) is 9.49. The molecule has 0 radical (unpaired) electrons. The van der Waals surface area contributed by atoms with E-state index >= 15 is 0 Å². The van der Waals surface area contributed by atoms with E-state index < -0.39 is 17.7 Å². The second-order valence-electron chi connectivity index (χ2n) is 4.36. The predicted molar refractivity (Wildman–Crippen MR) is 72.8 cm³/mol. The molecule has 0 spiro atoms. The van der Waals surface area contributed by atoms with Gasteiger partial charge < -0.3 is 9.84 Å². The molecule has 0 heterocycles. The van der Waals surface area contributed by atoms with Gasteiger partial charge in [0.05, 0.1) is 6.10 Å². The molecule has 0 aliphatic rings. The molecule has 2 rings (SSSR count). The molecular formula is C15H13ClF2O2. The van der Waals surface area contributed by atoms with Crippen LogP contribution in [0.4, 0.5) is 8.78 Å². The zero-order chi connectivity index (χ0) is 14.7. The van der Waals surface area contributed by atoms with E-state index in [2.05, 4.69) is 0 Å². The predicted octanol–water partition coefficient (Wildman–Crippen LogP) is 4.25. The minimum Gasteiger partial charge on any atom is -0.488 e. The van der Waals surface area contributed by atoms with Crippen molar-refractivity contribution in [3.63, 3.8) is 0 Å². The van der Waals surface area contributed by atoms with Gasteiger partial charge in [0.2, 0.25) is 0 Å². The van der Waals surface area contributed by atoms with Crippen LogP contribution in [-0.4, -0.2) is 5.11 Å². The van der Waals surface area contributed by atoms with Crippen LogP contribution >= 0.6 is 11.6 Å². The lowest BCUT2D eigenvalue weighted by molar-refractivity contribution is 0.189. The molecule has 20 heavy (non-hydrogen) atoms. The van der Waals surface area contributed by atoms with Crippen molar-refractivity contribution < 1.29 is 18.6 Å². The van der Waals surface area contributed by atoms with Crippen molar-refractivity contribution in [2.75, 3.05) is 0 Å². The monoisotopic (exact) mass is 298 g/mol. The maximum atomic E-state index is 13.5. The first-order valence-electron chi connectivity index (χ1n) is 6.02. The first-order valence-corrected chi connectivity index (χ1v) is 6.40. The van der Waals surface area contributed by atoms with Gasteiger partial charge in [-0.05, 0) is 31.2 Å². The lowest BCUT2D eigenvalue weighted by Gasteiger charge is -2.14. The Morgan fingerprint density at radius 1 is 1.25 bits per heavy atom. The van der Waals surface area contributed by atoms with E-state index in [0.717, 1.165) is 6.07 Å². The Morgan fingerprint density at radius 3 is 2.70 bits per heavy atom.